The maximum Gasteiger partial charge on any atom is 0.290 e. The van der Waals surface area contributed by atoms with E-state index >= 15 is 0 Å². The fraction of sp³-hybridized carbons (Fsp3) is 0.750. The van der Waals surface area contributed by atoms with Crippen molar-refractivity contribution < 1.29 is 14.7 Å². The summed E-state index contributed by atoms with van der Waals surface area (Å²) in [6, 6.07) is 0. The lowest BCUT2D eigenvalue weighted by Crippen LogP contribution is -2.13. The average molecular weight is 160 g/mol. The molecule has 0 rings (SSSR count). The maximum atomic E-state index is 10.8. The van der Waals surface area contributed by atoms with Crippen LogP contribution in [0.3, 0.4) is 0 Å². The first kappa shape index (κ1) is 12.8. The molecule has 0 atom stereocenters. The third kappa shape index (κ3) is 9.14. The van der Waals surface area contributed by atoms with Gasteiger partial charge in [0.05, 0.1) is 0 Å². The molecule has 0 unspecified atom stereocenters. The standard InChI is InChI=1S/C7H14O.CH2O2/c1-5(2)7(8)6(3)4;2-1-3/h5-6H,1-4H3;1H,(H,2,3). The van der Waals surface area contributed by atoms with Crippen LogP contribution in [0.5, 0.6) is 0 Å². The lowest BCUT2D eigenvalue weighted by Gasteiger charge is -2.05. The molecule has 3 heteroatoms. The number of Topliss-reactive ketones (excluding diaryl/α,β-unsaturated/α-hetero) is 1. The molecule has 0 amide bonds. The van der Waals surface area contributed by atoms with Gasteiger partial charge in [0.15, 0.2) is 0 Å². The van der Waals surface area contributed by atoms with E-state index in [0.29, 0.717) is 5.78 Å². The number of carbonyl (C=O) groups is 2. The zero-order chi connectivity index (χ0) is 9.44. The van der Waals surface area contributed by atoms with Gasteiger partial charge in [0.25, 0.3) is 6.47 Å². The van der Waals surface area contributed by atoms with E-state index in [9.17, 15) is 4.79 Å². The van der Waals surface area contributed by atoms with Gasteiger partial charge in [0, 0.05) is 11.8 Å². The molecule has 0 bridgehead atoms. The number of carbonyl (C=O) groups excluding carboxylic acids is 1. The molecule has 0 saturated carbocycles. The second-order valence-electron chi connectivity index (χ2n) is 2.82. The van der Waals surface area contributed by atoms with Gasteiger partial charge in [0.2, 0.25) is 0 Å². The van der Waals surface area contributed by atoms with Gasteiger partial charge in [-0.2, -0.15) is 0 Å². The van der Waals surface area contributed by atoms with Crippen molar-refractivity contribution in [3.63, 3.8) is 0 Å². The largest absolute Gasteiger partial charge is 0.483 e. The Morgan fingerprint density at radius 3 is 1.36 bits per heavy atom. The molecule has 0 heterocycles. The van der Waals surface area contributed by atoms with E-state index in [1.165, 1.54) is 0 Å². The minimum absolute atomic E-state index is 0.204. The van der Waals surface area contributed by atoms with Gasteiger partial charge in [-0.25, -0.2) is 0 Å². The van der Waals surface area contributed by atoms with Crippen molar-refractivity contribution >= 4 is 12.3 Å². The van der Waals surface area contributed by atoms with Crippen LogP contribution in [0.1, 0.15) is 27.7 Å². The molecule has 0 fully saturated rings. The zero-order valence-electron chi connectivity index (χ0n) is 7.50. The maximum absolute atomic E-state index is 10.8. The number of rotatable bonds is 2. The topological polar surface area (TPSA) is 54.4 Å². The van der Waals surface area contributed by atoms with Gasteiger partial charge in [-0.05, 0) is 0 Å². The predicted octanol–water partition coefficient (Wildman–Crippen LogP) is 1.57. The molecular weight excluding hydrogens is 144 g/mol. The second-order valence-corrected chi connectivity index (χ2v) is 2.82. The van der Waals surface area contributed by atoms with E-state index in [2.05, 4.69) is 0 Å². The van der Waals surface area contributed by atoms with Crippen molar-refractivity contribution in [3.8, 4) is 0 Å². The van der Waals surface area contributed by atoms with Crippen LogP contribution in [0, 0.1) is 11.8 Å². The summed E-state index contributed by atoms with van der Waals surface area (Å²) < 4.78 is 0. The highest BCUT2D eigenvalue weighted by molar-refractivity contribution is 5.81. The Kier molecular flexibility index (Phi) is 8.43. The van der Waals surface area contributed by atoms with E-state index in [0.717, 1.165) is 0 Å². The lowest BCUT2D eigenvalue weighted by molar-refractivity contribution is -0.125. The van der Waals surface area contributed by atoms with Crippen LogP contribution in [0.4, 0.5) is 0 Å². The van der Waals surface area contributed by atoms with Crippen molar-refractivity contribution in [1.82, 2.24) is 0 Å². The first-order valence-corrected chi connectivity index (χ1v) is 3.58. The molecule has 66 valence electrons. The molecule has 0 saturated heterocycles. The van der Waals surface area contributed by atoms with Crippen molar-refractivity contribution in [3.05, 3.63) is 0 Å². The third-order valence-corrected chi connectivity index (χ3v) is 1.14. The summed E-state index contributed by atoms with van der Waals surface area (Å²) in [4.78, 5) is 19.2. The van der Waals surface area contributed by atoms with Crippen molar-refractivity contribution in [2.75, 3.05) is 0 Å². The molecule has 0 aliphatic carbocycles. The van der Waals surface area contributed by atoms with Crippen molar-refractivity contribution in [1.29, 1.82) is 0 Å². The highest BCUT2D eigenvalue weighted by Gasteiger charge is 2.09. The van der Waals surface area contributed by atoms with Crippen LogP contribution in [-0.2, 0) is 9.59 Å². The monoisotopic (exact) mass is 160 g/mol. The van der Waals surface area contributed by atoms with Gasteiger partial charge < -0.3 is 5.11 Å². The van der Waals surface area contributed by atoms with Crippen molar-refractivity contribution in [2.45, 2.75) is 27.7 Å². The summed E-state index contributed by atoms with van der Waals surface area (Å²) in [6.07, 6.45) is 0. The van der Waals surface area contributed by atoms with Crippen LogP contribution in [0.15, 0.2) is 0 Å². The summed E-state index contributed by atoms with van der Waals surface area (Å²) in [6.45, 7) is 7.48. The number of hydrogen-bond donors (Lipinski definition) is 1. The molecule has 0 aliphatic heterocycles. The molecule has 0 spiro atoms. The molecule has 0 aliphatic rings. The van der Waals surface area contributed by atoms with E-state index in [4.69, 9.17) is 9.90 Å². The third-order valence-electron chi connectivity index (χ3n) is 1.14. The molecule has 0 aromatic carbocycles. The zero-order valence-corrected chi connectivity index (χ0v) is 7.50. The fourth-order valence-electron chi connectivity index (χ4n) is 0.667. The summed E-state index contributed by atoms with van der Waals surface area (Å²) in [5, 5.41) is 6.89. The lowest BCUT2D eigenvalue weighted by atomic mass is 9.99. The molecule has 3 nitrogen and oxygen atoms in total. The second kappa shape index (κ2) is 7.25. The Morgan fingerprint density at radius 1 is 1.18 bits per heavy atom. The predicted molar refractivity (Wildman–Crippen MR) is 43.4 cm³/mol. The number of ketones is 1. The molecule has 0 radical (unpaired) electrons. The van der Waals surface area contributed by atoms with E-state index in [1.807, 2.05) is 27.7 Å². The quantitative estimate of drug-likeness (QED) is 0.624. The highest BCUT2D eigenvalue weighted by Crippen LogP contribution is 2.03. The van der Waals surface area contributed by atoms with Crippen LogP contribution >= 0.6 is 0 Å². The smallest absolute Gasteiger partial charge is 0.290 e. The molecule has 0 aromatic rings. The van der Waals surface area contributed by atoms with Crippen molar-refractivity contribution in [2.24, 2.45) is 11.8 Å². The van der Waals surface area contributed by atoms with E-state index in [1.54, 1.807) is 0 Å². The highest BCUT2D eigenvalue weighted by atomic mass is 16.3. The number of hydrogen-bond acceptors (Lipinski definition) is 2. The Labute approximate surface area is 67.4 Å². The SMILES string of the molecule is CC(C)C(=O)C(C)C.O=CO. The van der Waals surface area contributed by atoms with Gasteiger partial charge in [-0.3, -0.25) is 9.59 Å². The molecule has 0 aromatic heterocycles. The fourth-order valence-corrected chi connectivity index (χ4v) is 0.667. The van der Waals surface area contributed by atoms with Crippen LogP contribution in [0.2, 0.25) is 0 Å². The van der Waals surface area contributed by atoms with E-state index in [-0.39, 0.29) is 18.3 Å². The van der Waals surface area contributed by atoms with E-state index < -0.39 is 0 Å². The Morgan fingerprint density at radius 2 is 1.36 bits per heavy atom. The number of carboxylic acid groups (broad SMARTS) is 1. The average Bonchev–Trinajstić information content (AvgIpc) is 1.87. The Balaban J connectivity index is 0. The normalized spacial score (nSPS) is 8.91. The van der Waals surface area contributed by atoms with Crippen LogP contribution in [-0.4, -0.2) is 17.4 Å². The van der Waals surface area contributed by atoms with Gasteiger partial charge >= 0.3 is 0 Å². The van der Waals surface area contributed by atoms with Gasteiger partial charge in [-0.15, -0.1) is 0 Å². The first-order chi connectivity index (χ1) is 4.97. The minimum atomic E-state index is -0.250. The summed E-state index contributed by atoms with van der Waals surface area (Å²) in [5.41, 5.74) is 0. The summed E-state index contributed by atoms with van der Waals surface area (Å²) in [5.74, 6) is 0.759. The summed E-state index contributed by atoms with van der Waals surface area (Å²) in [7, 11) is 0. The van der Waals surface area contributed by atoms with Gasteiger partial charge in [-0.1, -0.05) is 27.7 Å². The molecule has 1 N–H and O–H groups in total. The Bertz CT molecular complexity index is 107. The molecule has 11 heavy (non-hydrogen) atoms. The van der Waals surface area contributed by atoms with Gasteiger partial charge in [0.1, 0.15) is 5.78 Å². The minimum Gasteiger partial charge on any atom is -0.483 e. The van der Waals surface area contributed by atoms with Crippen LogP contribution < -0.4 is 0 Å². The Hall–Kier alpha value is -0.860. The molecular formula is C8H16O3. The summed E-state index contributed by atoms with van der Waals surface area (Å²) >= 11 is 0. The first-order valence-electron chi connectivity index (χ1n) is 3.58. The van der Waals surface area contributed by atoms with Crippen LogP contribution in [0.25, 0.3) is 0 Å².